The summed E-state index contributed by atoms with van der Waals surface area (Å²) in [7, 11) is 0. The minimum Gasteiger partial charge on any atom is -0.312 e. The van der Waals surface area contributed by atoms with Gasteiger partial charge in [0.2, 0.25) is 0 Å². The van der Waals surface area contributed by atoms with Crippen molar-refractivity contribution in [1.82, 2.24) is 14.9 Å². The average molecular weight is 287 g/mol. The number of benzene rings is 1. The van der Waals surface area contributed by atoms with Gasteiger partial charge in [0.15, 0.2) is 0 Å². The molecule has 0 amide bonds. The molecule has 0 bridgehead atoms. The number of para-hydroxylation sites is 2. The first-order valence-corrected chi connectivity index (χ1v) is 7.87. The number of hydrogen-bond donors (Lipinski definition) is 1. The number of rotatable bonds is 7. The molecule has 4 nitrogen and oxygen atoms in total. The van der Waals surface area contributed by atoms with Crippen molar-refractivity contribution in [3.63, 3.8) is 0 Å². The fourth-order valence-electron chi connectivity index (χ4n) is 2.68. The molecule has 1 heterocycles. The summed E-state index contributed by atoms with van der Waals surface area (Å²) in [5, 5.41) is 3.55. The van der Waals surface area contributed by atoms with Crippen LogP contribution in [-0.2, 0) is 6.54 Å². The lowest BCUT2D eigenvalue weighted by molar-refractivity contribution is 0.420. The molecule has 0 aliphatic heterocycles. The van der Waals surface area contributed by atoms with Crippen molar-refractivity contribution < 1.29 is 0 Å². The predicted octanol–water partition coefficient (Wildman–Crippen LogP) is 2.87. The van der Waals surface area contributed by atoms with E-state index in [1.54, 1.807) is 6.92 Å². The van der Waals surface area contributed by atoms with Crippen molar-refractivity contribution in [3.05, 3.63) is 40.3 Å². The highest BCUT2D eigenvalue weighted by Gasteiger charge is 2.13. The maximum absolute atomic E-state index is 12.5. The van der Waals surface area contributed by atoms with Gasteiger partial charge in [0.25, 0.3) is 5.56 Å². The van der Waals surface area contributed by atoms with Crippen molar-refractivity contribution in [2.75, 3.05) is 6.54 Å². The van der Waals surface area contributed by atoms with E-state index >= 15 is 0 Å². The van der Waals surface area contributed by atoms with E-state index in [1.165, 1.54) is 0 Å². The fourth-order valence-corrected chi connectivity index (χ4v) is 2.68. The molecule has 1 aromatic heterocycles. The maximum atomic E-state index is 12.5. The van der Waals surface area contributed by atoms with Gasteiger partial charge in [-0.05, 0) is 38.4 Å². The van der Waals surface area contributed by atoms with Crippen molar-refractivity contribution >= 4 is 11.0 Å². The molecule has 1 atom stereocenters. The van der Waals surface area contributed by atoms with Gasteiger partial charge in [0.1, 0.15) is 5.69 Å². The second-order valence-electron chi connectivity index (χ2n) is 5.54. The Labute approximate surface area is 126 Å². The lowest BCUT2D eigenvalue weighted by Gasteiger charge is -2.20. The van der Waals surface area contributed by atoms with E-state index in [9.17, 15) is 4.79 Å². The first-order valence-electron chi connectivity index (χ1n) is 7.87. The Balaban J connectivity index is 2.39. The molecule has 2 aromatic rings. The average Bonchev–Trinajstić information content (AvgIpc) is 2.49. The van der Waals surface area contributed by atoms with Crippen LogP contribution in [0.4, 0.5) is 0 Å². The first-order chi connectivity index (χ1) is 10.2. The number of fused-ring (bicyclic) bond motifs is 1. The zero-order valence-corrected chi connectivity index (χ0v) is 13.2. The van der Waals surface area contributed by atoms with Gasteiger partial charge in [-0.25, -0.2) is 4.98 Å². The molecule has 0 radical (unpaired) electrons. The Hall–Kier alpha value is -1.68. The summed E-state index contributed by atoms with van der Waals surface area (Å²) in [5.41, 5.74) is 2.40. The van der Waals surface area contributed by atoms with Crippen LogP contribution in [0.5, 0.6) is 0 Å². The van der Waals surface area contributed by atoms with E-state index in [-0.39, 0.29) is 5.56 Å². The van der Waals surface area contributed by atoms with E-state index in [4.69, 9.17) is 0 Å². The summed E-state index contributed by atoms with van der Waals surface area (Å²) < 4.78 is 1.88. The minimum atomic E-state index is 0.0214. The summed E-state index contributed by atoms with van der Waals surface area (Å²) in [6.07, 6.45) is 3.28. The highest BCUT2D eigenvalue weighted by atomic mass is 16.1. The zero-order chi connectivity index (χ0) is 15.2. The number of hydrogen-bond acceptors (Lipinski definition) is 3. The Morgan fingerprint density at radius 3 is 2.71 bits per heavy atom. The van der Waals surface area contributed by atoms with E-state index in [0.717, 1.165) is 36.8 Å². The van der Waals surface area contributed by atoms with Crippen LogP contribution in [0, 0.1) is 6.92 Å². The normalized spacial score (nSPS) is 12.7. The third-order valence-electron chi connectivity index (χ3n) is 3.74. The van der Waals surface area contributed by atoms with Crippen LogP contribution in [-0.4, -0.2) is 22.1 Å². The smallest absolute Gasteiger partial charge is 0.272 e. The van der Waals surface area contributed by atoms with Crippen LogP contribution in [0.3, 0.4) is 0 Å². The molecule has 0 fully saturated rings. The molecule has 0 spiro atoms. The van der Waals surface area contributed by atoms with Gasteiger partial charge in [0.05, 0.1) is 11.0 Å². The topological polar surface area (TPSA) is 46.9 Å². The number of nitrogens with zero attached hydrogens (tertiary/aromatic N) is 2. The second kappa shape index (κ2) is 7.36. The molecule has 21 heavy (non-hydrogen) atoms. The molecule has 2 rings (SSSR count). The fraction of sp³-hybridized carbons (Fsp3) is 0.529. The van der Waals surface area contributed by atoms with Crippen LogP contribution >= 0.6 is 0 Å². The maximum Gasteiger partial charge on any atom is 0.272 e. The third-order valence-corrected chi connectivity index (χ3v) is 3.74. The van der Waals surface area contributed by atoms with Gasteiger partial charge in [-0.1, -0.05) is 32.4 Å². The minimum absolute atomic E-state index is 0.0214. The molecular formula is C17H25N3O. The van der Waals surface area contributed by atoms with E-state index < -0.39 is 0 Å². The summed E-state index contributed by atoms with van der Waals surface area (Å²) in [6.45, 7) is 7.82. The largest absolute Gasteiger partial charge is 0.312 e. The van der Waals surface area contributed by atoms with Crippen LogP contribution in [0.1, 0.15) is 38.8 Å². The van der Waals surface area contributed by atoms with Crippen molar-refractivity contribution in [1.29, 1.82) is 0 Å². The highest BCUT2D eigenvalue weighted by Crippen LogP contribution is 2.11. The molecule has 4 heteroatoms. The number of aryl methyl sites for hydroxylation is 1. The van der Waals surface area contributed by atoms with Crippen LogP contribution in [0.25, 0.3) is 11.0 Å². The summed E-state index contributed by atoms with van der Waals surface area (Å²) >= 11 is 0. The Kier molecular flexibility index (Phi) is 5.51. The molecule has 114 valence electrons. The van der Waals surface area contributed by atoms with Crippen LogP contribution < -0.4 is 10.9 Å². The predicted molar refractivity (Wildman–Crippen MR) is 87.7 cm³/mol. The first kappa shape index (κ1) is 15.7. The lowest BCUT2D eigenvalue weighted by Crippen LogP contribution is -2.38. The van der Waals surface area contributed by atoms with E-state index in [1.807, 2.05) is 28.8 Å². The Morgan fingerprint density at radius 1 is 1.24 bits per heavy atom. The van der Waals surface area contributed by atoms with Gasteiger partial charge in [0, 0.05) is 12.6 Å². The van der Waals surface area contributed by atoms with E-state index in [2.05, 4.69) is 24.1 Å². The van der Waals surface area contributed by atoms with Gasteiger partial charge < -0.3 is 9.88 Å². The van der Waals surface area contributed by atoms with Crippen molar-refractivity contribution in [2.24, 2.45) is 0 Å². The van der Waals surface area contributed by atoms with Gasteiger partial charge in [-0.15, -0.1) is 0 Å². The van der Waals surface area contributed by atoms with Crippen LogP contribution in [0.15, 0.2) is 29.1 Å². The molecule has 1 unspecified atom stereocenters. The van der Waals surface area contributed by atoms with Gasteiger partial charge in [-0.2, -0.15) is 0 Å². The summed E-state index contributed by atoms with van der Waals surface area (Å²) in [6, 6.07) is 8.20. The number of aromatic nitrogens is 2. The number of nitrogens with one attached hydrogen (secondary N) is 1. The second-order valence-corrected chi connectivity index (χ2v) is 5.54. The highest BCUT2D eigenvalue weighted by molar-refractivity contribution is 5.74. The summed E-state index contributed by atoms with van der Waals surface area (Å²) in [5.74, 6) is 0. The van der Waals surface area contributed by atoms with Crippen molar-refractivity contribution in [3.8, 4) is 0 Å². The molecule has 1 aromatic carbocycles. The van der Waals surface area contributed by atoms with Crippen molar-refractivity contribution in [2.45, 2.75) is 52.6 Å². The standard InChI is InChI=1S/C17H25N3O/c1-4-8-14(18-11-5-2)12-20-16-10-7-6-9-15(16)19-13(3)17(20)21/h6-7,9-10,14,18H,4-5,8,11-12H2,1-3H3. The zero-order valence-electron chi connectivity index (χ0n) is 13.2. The molecular weight excluding hydrogens is 262 g/mol. The quantitative estimate of drug-likeness (QED) is 0.852. The van der Waals surface area contributed by atoms with E-state index in [0.29, 0.717) is 18.3 Å². The molecule has 0 saturated carbocycles. The van der Waals surface area contributed by atoms with Gasteiger partial charge >= 0.3 is 0 Å². The molecule has 0 saturated heterocycles. The molecule has 1 N–H and O–H groups in total. The SMILES string of the molecule is CCCNC(CCC)Cn1c(=O)c(C)nc2ccccc21. The van der Waals surface area contributed by atoms with Crippen LogP contribution in [0.2, 0.25) is 0 Å². The molecule has 0 aliphatic carbocycles. The summed E-state index contributed by atoms with van der Waals surface area (Å²) in [4.78, 5) is 16.9. The Morgan fingerprint density at radius 2 is 2.00 bits per heavy atom. The van der Waals surface area contributed by atoms with Gasteiger partial charge in [-0.3, -0.25) is 4.79 Å². The Bertz CT molecular complexity index is 648. The lowest BCUT2D eigenvalue weighted by atomic mass is 10.1. The molecule has 0 aliphatic rings. The monoisotopic (exact) mass is 287 g/mol. The third kappa shape index (κ3) is 3.70.